The van der Waals surface area contributed by atoms with Crippen LogP contribution in [0, 0.1) is 6.92 Å². The largest absolute Gasteiger partial charge is 0.492 e. The molecule has 5 rings (SSSR count). The number of benzene rings is 3. The van der Waals surface area contributed by atoms with Crippen LogP contribution >= 0.6 is 0 Å². The van der Waals surface area contributed by atoms with E-state index in [0.29, 0.717) is 22.4 Å². The van der Waals surface area contributed by atoms with Crippen LogP contribution in [0.3, 0.4) is 0 Å². The van der Waals surface area contributed by atoms with E-state index in [-0.39, 0.29) is 30.3 Å². The first-order valence-electron chi connectivity index (χ1n) is 10.6. The maximum atomic E-state index is 13.3. The zero-order valence-corrected chi connectivity index (χ0v) is 17.9. The van der Waals surface area contributed by atoms with Crippen molar-refractivity contribution in [3.05, 3.63) is 76.9 Å². The monoisotopic (exact) mass is 426 g/mol. The van der Waals surface area contributed by atoms with Crippen molar-refractivity contribution < 1.29 is 19.5 Å². The zero-order chi connectivity index (χ0) is 22.4. The van der Waals surface area contributed by atoms with Gasteiger partial charge in [0.1, 0.15) is 11.5 Å². The number of carbonyl (C=O) groups excluding carboxylic acids is 2. The average Bonchev–Trinajstić information content (AvgIpc) is 3.04. The molecule has 6 nitrogen and oxygen atoms in total. The summed E-state index contributed by atoms with van der Waals surface area (Å²) in [5.74, 6) is 0.0893. The van der Waals surface area contributed by atoms with E-state index in [4.69, 9.17) is 4.74 Å². The Morgan fingerprint density at radius 3 is 2.66 bits per heavy atom. The van der Waals surface area contributed by atoms with Crippen LogP contribution in [0.1, 0.15) is 45.2 Å². The van der Waals surface area contributed by atoms with Crippen LogP contribution in [0.15, 0.2) is 59.8 Å². The second kappa shape index (κ2) is 7.64. The molecule has 0 saturated heterocycles. The third-order valence-electron chi connectivity index (χ3n) is 6.16. The van der Waals surface area contributed by atoms with Crippen molar-refractivity contribution in [1.29, 1.82) is 0 Å². The number of aromatic nitrogens is 1. The second-order valence-corrected chi connectivity index (χ2v) is 7.93. The normalized spacial score (nSPS) is 15.1. The topological polar surface area (TPSA) is 80.9 Å². The molecule has 0 fully saturated rings. The van der Waals surface area contributed by atoms with Crippen LogP contribution < -0.4 is 4.74 Å². The fourth-order valence-electron chi connectivity index (χ4n) is 4.57. The lowest BCUT2D eigenvalue weighted by molar-refractivity contribution is 0.103. The molecule has 0 atom stereocenters. The van der Waals surface area contributed by atoms with Gasteiger partial charge in [0.05, 0.1) is 23.1 Å². The molecule has 0 unspecified atom stereocenters. The molecular weight excluding hydrogens is 404 g/mol. The third-order valence-corrected chi connectivity index (χ3v) is 6.16. The van der Waals surface area contributed by atoms with E-state index < -0.39 is 0 Å². The lowest BCUT2D eigenvalue weighted by Gasteiger charge is -2.09. The van der Waals surface area contributed by atoms with Gasteiger partial charge < -0.3 is 14.5 Å². The summed E-state index contributed by atoms with van der Waals surface area (Å²) in [6.07, 6.45) is 0.231. The van der Waals surface area contributed by atoms with Gasteiger partial charge in [0.2, 0.25) is 5.78 Å². The molecule has 1 aromatic heterocycles. The van der Waals surface area contributed by atoms with Gasteiger partial charge >= 0.3 is 0 Å². The molecule has 0 bridgehead atoms. The molecule has 0 amide bonds. The lowest BCUT2D eigenvalue weighted by atomic mass is 9.97. The molecule has 2 heterocycles. The molecular formula is C26H22N2O4. The summed E-state index contributed by atoms with van der Waals surface area (Å²) >= 11 is 0. The van der Waals surface area contributed by atoms with Crippen LogP contribution in [-0.2, 0) is 6.54 Å². The Morgan fingerprint density at radius 2 is 1.91 bits per heavy atom. The van der Waals surface area contributed by atoms with Crippen LogP contribution in [0.25, 0.3) is 21.8 Å². The lowest BCUT2D eigenvalue weighted by Crippen LogP contribution is -2.13. The van der Waals surface area contributed by atoms with Crippen molar-refractivity contribution in [3.63, 3.8) is 0 Å². The molecule has 0 aliphatic carbocycles. The Morgan fingerprint density at radius 1 is 1.12 bits per heavy atom. The van der Waals surface area contributed by atoms with Gasteiger partial charge in [-0.1, -0.05) is 29.4 Å². The molecule has 1 aliphatic rings. The number of hydrogen-bond acceptors (Lipinski definition) is 5. The minimum absolute atomic E-state index is 0.0453. The van der Waals surface area contributed by atoms with Crippen molar-refractivity contribution in [1.82, 2.24) is 4.57 Å². The first-order chi connectivity index (χ1) is 15.5. The number of oxime groups is 1. The summed E-state index contributed by atoms with van der Waals surface area (Å²) in [5.41, 5.74) is 4.52. The van der Waals surface area contributed by atoms with Crippen molar-refractivity contribution in [3.8, 4) is 5.75 Å². The van der Waals surface area contributed by atoms with Crippen LogP contribution in [0.4, 0.5) is 0 Å². The SMILES string of the molecule is CCn1c2ccc(C(=O)c3ccccc3C)cc2c2c3c(ccc21)C(=O)/C(=N/O)CCO3. The van der Waals surface area contributed by atoms with Gasteiger partial charge in [0.15, 0.2) is 5.78 Å². The Kier molecular flexibility index (Phi) is 4.78. The van der Waals surface area contributed by atoms with E-state index in [9.17, 15) is 14.8 Å². The first kappa shape index (κ1) is 20.0. The van der Waals surface area contributed by atoms with Gasteiger partial charge in [-0.15, -0.1) is 0 Å². The maximum Gasteiger partial charge on any atom is 0.214 e. The summed E-state index contributed by atoms with van der Waals surface area (Å²) < 4.78 is 8.17. The number of hydrogen-bond donors (Lipinski definition) is 1. The fourth-order valence-corrected chi connectivity index (χ4v) is 4.57. The smallest absolute Gasteiger partial charge is 0.214 e. The Labute approximate surface area is 184 Å². The summed E-state index contributed by atoms with van der Waals surface area (Å²) in [5, 5.41) is 14.1. The minimum Gasteiger partial charge on any atom is -0.492 e. The van der Waals surface area contributed by atoms with E-state index in [1.807, 2.05) is 55.5 Å². The van der Waals surface area contributed by atoms with Crippen molar-refractivity contribution in [2.75, 3.05) is 6.61 Å². The molecule has 32 heavy (non-hydrogen) atoms. The Hall–Kier alpha value is -3.93. The Bertz CT molecular complexity index is 1450. The van der Waals surface area contributed by atoms with Gasteiger partial charge in [-0.2, -0.15) is 0 Å². The highest BCUT2D eigenvalue weighted by atomic mass is 16.5. The number of fused-ring (bicyclic) bond motifs is 5. The van der Waals surface area contributed by atoms with E-state index in [1.165, 1.54) is 0 Å². The minimum atomic E-state index is -0.341. The molecule has 3 aromatic carbocycles. The highest BCUT2D eigenvalue weighted by molar-refractivity contribution is 6.47. The summed E-state index contributed by atoms with van der Waals surface area (Å²) in [4.78, 5) is 26.2. The van der Waals surface area contributed by atoms with Gasteiger partial charge in [-0.3, -0.25) is 9.59 Å². The number of aryl methyl sites for hydroxylation is 2. The number of nitrogens with zero attached hydrogens (tertiary/aromatic N) is 2. The molecule has 0 radical (unpaired) electrons. The standard InChI is InChI=1S/C26H22N2O4/c1-3-28-21-10-8-16(24(29)17-7-5-4-6-15(17)2)14-19(21)23-22(28)11-9-18-25(30)20(27-31)12-13-32-26(18)23/h4-11,14,31H,3,12-13H2,1-2H3/b27-20+. The van der Waals surface area contributed by atoms with Crippen molar-refractivity contribution in [2.24, 2.45) is 5.16 Å². The highest BCUT2D eigenvalue weighted by Crippen LogP contribution is 2.40. The van der Waals surface area contributed by atoms with Crippen molar-refractivity contribution >= 4 is 39.1 Å². The van der Waals surface area contributed by atoms with Crippen LogP contribution in [-0.4, -0.2) is 33.7 Å². The van der Waals surface area contributed by atoms with E-state index in [2.05, 4.69) is 16.6 Å². The van der Waals surface area contributed by atoms with Crippen LogP contribution in [0.5, 0.6) is 5.75 Å². The van der Waals surface area contributed by atoms with E-state index in [1.54, 1.807) is 6.07 Å². The number of rotatable bonds is 3. The van der Waals surface area contributed by atoms with Gasteiger partial charge in [0, 0.05) is 35.0 Å². The van der Waals surface area contributed by atoms with Crippen LogP contribution in [0.2, 0.25) is 0 Å². The van der Waals surface area contributed by atoms with E-state index >= 15 is 0 Å². The molecule has 160 valence electrons. The first-order valence-corrected chi connectivity index (χ1v) is 10.6. The number of Topliss-reactive ketones (excluding diaryl/α,β-unsaturated/α-hetero) is 1. The molecule has 6 heteroatoms. The number of ether oxygens (including phenoxy) is 1. The molecule has 4 aromatic rings. The Balaban J connectivity index is 1.79. The molecule has 0 spiro atoms. The van der Waals surface area contributed by atoms with Crippen molar-refractivity contribution in [2.45, 2.75) is 26.8 Å². The molecule has 1 aliphatic heterocycles. The summed E-state index contributed by atoms with van der Waals surface area (Å²) in [6.45, 7) is 4.94. The van der Waals surface area contributed by atoms with Gasteiger partial charge in [-0.25, -0.2) is 0 Å². The van der Waals surface area contributed by atoms with Gasteiger partial charge in [0.25, 0.3) is 0 Å². The summed E-state index contributed by atoms with van der Waals surface area (Å²) in [7, 11) is 0. The maximum absolute atomic E-state index is 13.3. The van der Waals surface area contributed by atoms with Gasteiger partial charge in [-0.05, 0) is 49.7 Å². The van der Waals surface area contributed by atoms with E-state index in [0.717, 1.165) is 33.9 Å². The summed E-state index contributed by atoms with van der Waals surface area (Å²) in [6, 6.07) is 16.8. The predicted molar refractivity (Wildman–Crippen MR) is 123 cm³/mol. The number of carbonyl (C=O) groups is 2. The third kappa shape index (κ3) is 2.91. The highest BCUT2D eigenvalue weighted by Gasteiger charge is 2.27. The molecule has 1 N–H and O–H groups in total. The number of ketones is 2. The molecule has 0 saturated carbocycles. The average molecular weight is 426 g/mol. The fraction of sp³-hybridized carbons (Fsp3) is 0.192. The zero-order valence-electron chi connectivity index (χ0n) is 17.9. The quantitative estimate of drug-likeness (QED) is 0.279. The predicted octanol–water partition coefficient (Wildman–Crippen LogP) is 5.15. The second-order valence-electron chi connectivity index (χ2n) is 7.93.